The summed E-state index contributed by atoms with van der Waals surface area (Å²) in [6, 6.07) is 22.6. The molecule has 0 aliphatic rings. The predicted molar refractivity (Wildman–Crippen MR) is 122 cm³/mol. The van der Waals surface area contributed by atoms with E-state index in [1.54, 1.807) is 11.3 Å². The molecule has 0 bridgehead atoms. The van der Waals surface area contributed by atoms with Crippen LogP contribution in [0.15, 0.2) is 66.0 Å². The summed E-state index contributed by atoms with van der Waals surface area (Å²) in [6.07, 6.45) is 0. The average Bonchev–Trinajstić information content (AvgIpc) is 3.33. The Kier molecular flexibility index (Phi) is 3.14. The summed E-state index contributed by atoms with van der Waals surface area (Å²) in [5.74, 6) is 6.22. The van der Waals surface area contributed by atoms with Gasteiger partial charge in [0, 0.05) is 20.2 Å². The zero-order valence-electron chi connectivity index (χ0n) is 14.7. The second kappa shape index (κ2) is 5.57. The van der Waals surface area contributed by atoms with Crippen LogP contribution in [0.5, 0.6) is 0 Å². The maximum Gasteiger partial charge on any atom is 0.0781 e. The Hall–Kier alpha value is -2.86. The second-order valence-corrected chi connectivity index (χ2v) is 8.76. The van der Waals surface area contributed by atoms with Crippen LogP contribution in [0.25, 0.3) is 52.5 Å². The molecule has 2 aromatic heterocycles. The minimum absolute atomic E-state index is 1.14. The summed E-state index contributed by atoms with van der Waals surface area (Å²) >= 11 is 3.62. The molecule has 0 aliphatic heterocycles. The van der Waals surface area contributed by atoms with E-state index < -0.39 is 0 Å². The average molecular weight is 379 g/mol. The zero-order chi connectivity index (χ0) is 18.0. The van der Waals surface area contributed by atoms with Crippen LogP contribution in [0.3, 0.4) is 0 Å². The third kappa shape index (κ3) is 2.10. The molecule has 2 heterocycles. The van der Waals surface area contributed by atoms with Crippen molar-refractivity contribution in [3.8, 4) is 11.8 Å². The van der Waals surface area contributed by atoms with E-state index in [2.05, 4.69) is 77.9 Å². The molecule has 0 atom stereocenters. The van der Waals surface area contributed by atoms with Crippen molar-refractivity contribution in [1.29, 1.82) is 0 Å². The first-order chi connectivity index (χ1) is 13.3. The summed E-state index contributed by atoms with van der Waals surface area (Å²) in [5, 5.41) is 12.8. The van der Waals surface area contributed by atoms with Crippen LogP contribution in [0, 0.1) is 11.8 Å². The van der Waals surface area contributed by atoms with Crippen LogP contribution >= 0.6 is 22.7 Å². The molecule has 0 fully saturated rings. The highest BCUT2D eigenvalue weighted by Crippen LogP contribution is 2.39. The van der Waals surface area contributed by atoms with E-state index in [1.807, 2.05) is 18.3 Å². The number of hydrogen-bond acceptors (Lipinski definition) is 2. The fourth-order valence-electron chi connectivity index (χ4n) is 4.15. The Bertz CT molecular complexity index is 1580. The molecule has 6 aromatic rings. The predicted octanol–water partition coefficient (Wildman–Crippen LogP) is 7.95. The third-order valence-corrected chi connectivity index (χ3v) is 7.40. The van der Waals surface area contributed by atoms with E-state index >= 15 is 0 Å². The molecule has 0 aliphatic carbocycles. The summed E-state index contributed by atoms with van der Waals surface area (Å²) < 4.78 is 2.71. The molecule has 0 saturated heterocycles. The van der Waals surface area contributed by atoms with Crippen LogP contribution in [0.4, 0.5) is 0 Å². The van der Waals surface area contributed by atoms with Gasteiger partial charge in [0.2, 0.25) is 0 Å². The molecule has 0 spiro atoms. The minimum atomic E-state index is 1.14. The molecule has 0 saturated carbocycles. The van der Waals surface area contributed by atoms with Gasteiger partial charge in [0.25, 0.3) is 0 Å². The summed E-state index contributed by atoms with van der Waals surface area (Å²) in [5.41, 5.74) is 0. The Labute approximate surface area is 164 Å². The molecule has 6 rings (SSSR count). The van der Waals surface area contributed by atoms with E-state index in [-0.39, 0.29) is 0 Å². The topological polar surface area (TPSA) is 0 Å². The smallest absolute Gasteiger partial charge is 0.0781 e. The first-order valence-electron chi connectivity index (χ1n) is 8.94. The van der Waals surface area contributed by atoms with Crippen molar-refractivity contribution in [2.45, 2.75) is 6.92 Å². The second-order valence-electron chi connectivity index (χ2n) is 6.79. The van der Waals surface area contributed by atoms with Crippen LogP contribution < -0.4 is 0 Å². The van der Waals surface area contributed by atoms with Crippen LogP contribution in [0.1, 0.15) is 11.8 Å². The maximum absolute atomic E-state index is 3.21. The van der Waals surface area contributed by atoms with E-state index in [4.69, 9.17) is 0 Å². The van der Waals surface area contributed by atoms with Gasteiger partial charge in [0.05, 0.1) is 4.88 Å². The van der Waals surface area contributed by atoms with Crippen molar-refractivity contribution >= 4 is 75.2 Å². The van der Waals surface area contributed by atoms with Gasteiger partial charge in [-0.2, -0.15) is 0 Å². The lowest BCUT2D eigenvalue weighted by molar-refractivity contribution is 1.86. The van der Waals surface area contributed by atoms with Gasteiger partial charge in [-0.15, -0.1) is 28.6 Å². The SMILES string of the molecule is CC#Cc1cc2ccc3c4ccc5c(ccc6ccsc65)c4ccc3c2s1. The molecule has 2 heteroatoms. The fraction of sp³-hybridized carbons (Fsp3) is 0.0400. The lowest BCUT2D eigenvalue weighted by atomic mass is 9.96. The highest BCUT2D eigenvalue weighted by molar-refractivity contribution is 7.20. The third-order valence-electron chi connectivity index (χ3n) is 5.34. The van der Waals surface area contributed by atoms with Gasteiger partial charge < -0.3 is 0 Å². The maximum atomic E-state index is 3.21. The monoisotopic (exact) mass is 378 g/mol. The van der Waals surface area contributed by atoms with Gasteiger partial charge in [-0.3, -0.25) is 0 Å². The number of fused-ring (bicyclic) bond motifs is 9. The molecular weight excluding hydrogens is 364 g/mol. The Balaban J connectivity index is 1.76. The van der Waals surface area contributed by atoms with E-state index in [0.29, 0.717) is 0 Å². The van der Waals surface area contributed by atoms with Crippen LogP contribution in [-0.4, -0.2) is 0 Å². The van der Waals surface area contributed by atoms with E-state index in [0.717, 1.165) is 4.88 Å². The quantitative estimate of drug-likeness (QED) is 0.186. The minimum Gasteiger partial charge on any atom is -0.143 e. The molecular formula is C25H14S2. The number of thiophene rings is 2. The summed E-state index contributed by atoms with van der Waals surface area (Å²) in [6.45, 7) is 1.89. The van der Waals surface area contributed by atoms with Gasteiger partial charge in [0.1, 0.15) is 0 Å². The molecule has 0 radical (unpaired) electrons. The van der Waals surface area contributed by atoms with Crippen LogP contribution in [-0.2, 0) is 0 Å². The zero-order valence-corrected chi connectivity index (χ0v) is 16.3. The highest BCUT2D eigenvalue weighted by Gasteiger charge is 2.11. The molecule has 27 heavy (non-hydrogen) atoms. The number of hydrogen-bond donors (Lipinski definition) is 0. The number of rotatable bonds is 0. The standard InChI is InChI=1S/C25H14S2/c1-2-3-17-14-16-5-7-21-19-8-10-22-20(6-4-15-12-13-26-24(15)22)18(19)9-11-23(21)25(16)27-17/h4-14H,1H3. The summed E-state index contributed by atoms with van der Waals surface area (Å²) in [4.78, 5) is 1.14. The number of benzene rings is 4. The van der Waals surface area contributed by atoms with Crippen molar-refractivity contribution in [3.63, 3.8) is 0 Å². The normalized spacial score (nSPS) is 11.6. The molecule has 4 aromatic carbocycles. The molecule has 0 nitrogen and oxygen atoms in total. The van der Waals surface area contributed by atoms with Gasteiger partial charge in [-0.1, -0.05) is 54.5 Å². The Morgan fingerprint density at radius 2 is 1.22 bits per heavy atom. The Morgan fingerprint density at radius 1 is 0.630 bits per heavy atom. The van der Waals surface area contributed by atoms with Gasteiger partial charge >= 0.3 is 0 Å². The Morgan fingerprint density at radius 3 is 1.96 bits per heavy atom. The van der Waals surface area contributed by atoms with E-state index in [1.165, 1.54) is 52.5 Å². The largest absolute Gasteiger partial charge is 0.143 e. The van der Waals surface area contributed by atoms with Gasteiger partial charge in [-0.25, -0.2) is 0 Å². The molecule has 0 N–H and O–H groups in total. The first kappa shape index (κ1) is 15.2. The van der Waals surface area contributed by atoms with Crippen molar-refractivity contribution in [2.75, 3.05) is 0 Å². The van der Waals surface area contributed by atoms with Crippen molar-refractivity contribution < 1.29 is 0 Å². The molecule has 126 valence electrons. The molecule has 0 unspecified atom stereocenters. The lowest BCUT2D eigenvalue weighted by Gasteiger charge is -2.09. The molecule has 0 amide bonds. The van der Waals surface area contributed by atoms with Crippen LogP contribution in [0.2, 0.25) is 0 Å². The fourth-order valence-corrected chi connectivity index (χ4v) is 6.17. The van der Waals surface area contributed by atoms with Crippen molar-refractivity contribution in [3.05, 3.63) is 70.9 Å². The highest BCUT2D eigenvalue weighted by atomic mass is 32.1. The summed E-state index contributed by atoms with van der Waals surface area (Å²) in [7, 11) is 0. The van der Waals surface area contributed by atoms with Crippen molar-refractivity contribution in [2.24, 2.45) is 0 Å². The first-order valence-corrected chi connectivity index (χ1v) is 10.6. The van der Waals surface area contributed by atoms with E-state index in [9.17, 15) is 0 Å². The van der Waals surface area contributed by atoms with Crippen molar-refractivity contribution in [1.82, 2.24) is 0 Å². The lowest BCUT2D eigenvalue weighted by Crippen LogP contribution is -1.81. The van der Waals surface area contributed by atoms with Gasteiger partial charge in [-0.05, 0) is 56.8 Å². The van der Waals surface area contributed by atoms with Gasteiger partial charge in [0.15, 0.2) is 0 Å².